The molecule has 1 atom stereocenters. The zero-order valence-corrected chi connectivity index (χ0v) is 26.0. The van der Waals surface area contributed by atoms with E-state index in [4.69, 9.17) is 4.74 Å². The van der Waals surface area contributed by atoms with Gasteiger partial charge >= 0.3 is 23.9 Å². The van der Waals surface area contributed by atoms with E-state index in [0.29, 0.717) is 36.8 Å². The van der Waals surface area contributed by atoms with Crippen molar-refractivity contribution in [2.45, 2.75) is 44.4 Å². The highest BCUT2D eigenvalue weighted by atomic mass is 16.6. The van der Waals surface area contributed by atoms with Crippen LogP contribution in [0.2, 0.25) is 0 Å². The van der Waals surface area contributed by atoms with Gasteiger partial charge in [-0.2, -0.15) is 0 Å². The first-order valence-electron chi connectivity index (χ1n) is 14.9. The number of benzene rings is 3. The molecule has 0 bridgehead atoms. The van der Waals surface area contributed by atoms with Crippen molar-refractivity contribution in [2.75, 3.05) is 13.7 Å². The fraction of sp³-hybridized carbons (Fsp3) is 0.294. The van der Waals surface area contributed by atoms with Gasteiger partial charge in [0.25, 0.3) is 11.4 Å². The molecule has 0 saturated heterocycles. The molecule has 3 aromatic carbocycles. The van der Waals surface area contributed by atoms with Crippen LogP contribution in [0.3, 0.4) is 0 Å². The molecule has 0 heterocycles. The summed E-state index contributed by atoms with van der Waals surface area (Å²) < 4.78 is 9.87. The van der Waals surface area contributed by atoms with Crippen LogP contribution in [0, 0.1) is 25.6 Å². The average Bonchev–Trinajstić information content (AvgIpc) is 3.07. The average molecular weight is 663 g/mol. The lowest BCUT2D eigenvalue weighted by molar-refractivity contribution is -0.385. The number of carbonyl (C=O) groups excluding carboxylic acids is 2. The second kappa shape index (κ2) is 17.1. The van der Waals surface area contributed by atoms with Crippen LogP contribution in [0.15, 0.2) is 78.9 Å². The first-order valence-corrected chi connectivity index (χ1v) is 14.9. The molecule has 0 saturated carbocycles. The van der Waals surface area contributed by atoms with Gasteiger partial charge in [0.15, 0.2) is 5.41 Å². The molecule has 0 aliphatic heterocycles. The van der Waals surface area contributed by atoms with E-state index >= 15 is 0 Å². The number of nitro benzene ring substituents is 2. The summed E-state index contributed by atoms with van der Waals surface area (Å²) in [7, 11) is 1.26. The van der Waals surface area contributed by atoms with Gasteiger partial charge in [0.1, 0.15) is 0 Å². The van der Waals surface area contributed by atoms with Gasteiger partial charge in [-0.05, 0) is 54.2 Å². The summed E-state index contributed by atoms with van der Waals surface area (Å²) in [6.45, 7) is 0.114. The Bertz CT molecular complexity index is 1630. The molecule has 252 valence electrons. The number of aliphatic carboxylic acids is 2. The molecule has 14 heteroatoms. The number of carboxylic acids is 2. The molecule has 0 amide bonds. The highest BCUT2D eigenvalue weighted by Crippen LogP contribution is 2.44. The quantitative estimate of drug-likeness (QED) is 0.0402. The number of rotatable bonds is 18. The molecule has 0 aliphatic rings. The number of methoxy groups -OCH3 is 1. The topological polar surface area (TPSA) is 213 Å². The Balaban J connectivity index is 1.68. The summed E-state index contributed by atoms with van der Waals surface area (Å²) in [5.74, 6) is -5.39. The van der Waals surface area contributed by atoms with E-state index in [1.165, 1.54) is 49.6 Å². The first-order chi connectivity index (χ1) is 22.9. The van der Waals surface area contributed by atoms with Crippen molar-refractivity contribution in [3.8, 4) is 0 Å². The highest BCUT2D eigenvalue weighted by molar-refractivity contribution is 6.00. The summed E-state index contributed by atoms with van der Waals surface area (Å²) in [4.78, 5) is 70.3. The lowest BCUT2D eigenvalue weighted by Crippen LogP contribution is -2.46. The molecular formula is C34H34N2O12. The van der Waals surface area contributed by atoms with Crippen LogP contribution in [0.1, 0.15) is 65.1 Å². The summed E-state index contributed by atoms with van der Waals surface area (Å²) in [6.07, 6.45) is 4.39. The van der Waals surface area contributed by atoms with E-state index in [0.717, 1.165) is 12.1 Å². The van der Waals surface area contributed by atoms with Crippen molar-refractivity contribution in [1.82, 2.24) is 0 Å². The molecule has 3 rings (SSSR count). The summed E-state index contributed by atoms with van der Waals surface area (Å²) in [5.41, 5.74) is -1.33. The van der Waals surface area contributed by atoms with Crippen LogP contribution in [0.5, 0.6) is 0 Å². The summed E-state index contributed by atoms with van der Waals surface area (Å²) in [6, 6.07) is 16.4. The molecule has 0 radical (unpaired) electrons. The number of ether oxygens (including phenoxy) is 2. The van der Waals surface area contributed by atoms with Gasteiger partial charge in [-0.15, -0.1) is 0 Å². The van der Waals surface area contributed by atoms with E-state index < -0.39 is 51.5 Å². The van der Waals surface area contributed by atoms with Crippen molar-refractivity contribution >= 4 is 41.3 Å². The molecule has 0 aliphatic carbocycles. The SMILES string of the molecule is COC(=O)C=Cc1ccc(C(=O)OCCCCCCC(c2ccc([N+](=O)[O-])cc2)C(Cc2ccc([N+](=O)[O-])cc2)(C(=O)O)C(=O)O)cc1. The van der Waals surface area contributed by atoms with Crippen LogP contribution in [0.25, 0.3) is 6.08 Å². The van der Waals surface area contributed by atoms with E-state index in [1.807, 2.05) is 0 Å². The van der Waals surface area contributed by atoms with Crippen molar-refractivity contribution in [2.24, 2.45) is 5.41 Å². The summed E-state index contributed by atoms with van der Waals surface area (Å²) in [5, 5.41) is 43.1. The zero-order chi connectivity index (χ0) is 35.3. The largest absolute Gasteiger partial charge is 0.480 e. The smallest absolute Gasteiger partial charge is 0.338 e. The fourth-order valence-corrected chi connectivity index (χ4v) is 5.26. The van der Waals surface area contributed by atoms with Gasteiger partial charge in [0.05, 0.1) is 29.1 Å². The van der Waals surface area contributed by atoms with Crippen LogP contribution in [-0.2, 0) is 30.3 Å². The maximum absolute atomic E-state index is 12.8. The molecule has 48 heavy (non-hydrogen) atoms. The third-order valence-corrected chi connectivity index (χ3v) is 7.87. The number of nitrogens with zero attached hydrogens (tertiary/aromatic N) is 2. The molecule has 0 aromatic heterocycles. The lowest BCUT2D eigenvalue weighted by Gasteiger charge is -2.34. The Kier molecular flexibility index (Phi) is 13.0. The maximum Gasteiger partial charge on any atom is 0.338 e. The van der Waals surface area contributed by atoms with E-state index in [9.17, 15) is 49.6 Å². The Labute approximate surface area is 274 Å². The predicted octanol–water partition coefficient (Wildman–Crippen LogP) is 5.98. The Morgan fingerprint density at radius 1 is 0.792 bits per heavy atom. The van der Waals surface area contributed by atoms with Crippen LogP contribution in [0.4, 0.5) is 11.4 Å². The Hall–Kier alpha value is -5.92. The van der Waals surface area contributed by atoms with Crippen LogP contribution < -0.4 is 0 Å². The Morgan fingerprint density at radius 2 is 1.33 bits per heavy atom. The normalized spacial score (nSPS) is 11.9. The monoisotopic (exact) mass is 662 g/mol. The number of carbonyl (C=O) groups is 4. The first kappa shape index (κ1) is 36.5. The van der Waals surface area contributed by atoms with E-state index in [-0.39, 0.29) is 35.5 Å². The van der Waals surface area contributed by atoms with Crippen molar-refractivity contribution in [1.29, 1.82) is 0 Å². The van der Waals surface area contributed by atoms with Gasteiger partial charge in [-0.25, -0.2) is 9.59 Å². The van der Waals surface area contributed by atoms with Gasteiger partial charge in [-0.1, -0.05) is 55.7 Å². The van der Waals surface area contributed by atoms with Gasteiger partial charge in [0.2, 0.25) is 0 Å². The molecule has 2 N–H and O–H groups in total. The standard InChI is InChI=1S/C34H34N2O12/c1-47-30(37)20-11-23-7-12-26(13-8-23)31(38)48-21-5-3-2-4-6-29(25-14-18-28(19-15-25)36(45)46)34(32(39)40,33(41)42)22-24-9-16-27(17-10-24)35(43)44/h7-20,29H,2-6,21-22H2,1H3,(H,39,40)(H,41,42). The van der Waals surface area contributed by atoms with Gasteiger partial charge < -0.3 is 19.7 Å². The minimum absolute atomic E-state index is 0.0972. The van der Waals surface area contributed by atoms with Crippen LogP contribution >= 0.6 is 0 Å². The predicted molar refractivity (Wildman–Crippen MR) is 171 cm³/mol. The minimum atomic E-state index is -2.40. The third-order valence-electron chi connectivity index (χ3n) is 7.87. The number of unbranched alkanes of at least 4 members (excludes halogenated alkanes) is 3. The number of nitro groups is 2. The van der Waals surface area contributed by atoms with Crippen molar-refractivity contribution in [3.63, 3.8) is 0 Å². The van der Waals surface area contributed by atoms with E-state index in [2.05, 4.69) is 4.74 Å². The molecule has 14 nitrogen and oxygen atoms in total. The maximum atomic E-state index is 12.8. The molecule has 0 fully saturated rings. The second-order valence-electron chi connectivity index (χ2n) is 10.9. The summed E-state index contributed by atoms with van der Waals surface area (Å²) >= 11 is 0. The van der Waals surface area contributed by atoms with Crippen LogP contribution in [-0.4, -0.2) is 57.7 Å². The van der Waals surface area contributed by atoms with Crippen molar-refractivity contribution < 1.29 is 48.7 Å². The molecule has 0 spiro atoms. The van der Waals surface area contributed by atoms with Gasteiger partial charge in [0, 0.05) is 36.3 Å². The lowest BCUT2D eigenvalue weighted by atomic mass is 9.66. The molecular weight excluding hydrogens is 628 g/mol. The number of esters is 2. The highest BCUT2D eigenvalue weighted by Gasteiger charge is 2.53. The number of carboxylic acid groups (broad SMARTS) is 2. The molecule has 1 unspecified atom stereocenters. The van der Waals surface area contributed by atoms with E-state index in [1.54, 1.807) is 30.3 Å². The zero-order valence-electron chi connectivity index (χ0n) is 26.0. The second-order valence-corrected chi connectivity index (χ2v) is 10.9. The number of hydrogen-bond acceptors (Lipinski definition) is 10. The molecule has 3 aromatic rings. The number of non-ortho nitro benzene ring substituents is 2. The number of hydrogen-bond donors (Lipinski definition) is 2. The fourth-order valence-electron chi connectivity index (χ4n) is 5.26. The van der Waals surface area contributed by atoms with Gasteiger partial charge in [-0.3, -0.25) is 29.8 Å². The third kappa shape index (κ3) is 9.55. The Morgan fingerprint density at radius 3 is 1.85 bits per heavy atom. The minimum Gasteiger partial charge on any atom is -0.480 e. The van der Waals surface area contributed by atoms with Crippen molar-refractivity contribution in [3.05, 3.63) is 121 Å².